The SMILES string of the molecule is COCCCNC(=O)Nc1cccc(-n2c([C@H](C)N)nc3cccc(Cl)c3c2=O)c1. The topological polar surface area (TPSA) is 111 Å². The summed E-state index contributed by atoms with van der Waals surface area (Å²) in [7, 11) is 1.61. The van der Waals surface area contributed by atoms with Gasteiger partial charge >= 0.3 is 6.03 Å². The van der Waals surface area contributed by atoms with Crippen molar-refractivity contribution in [2.45, 2.75) is 19.4 Å². The molecule has 30 heavy (non-hydrogen) atoms. The van der Waals surface area contributed by atoms with Gasteiger partial charge in [-0.25, -0.2) is 9.78 Å². The molecule has 0 spiro atoms. The third-order valence-electron chi connectivity index (χ3n) is 4.45. The Bertz CT molecular complexity index is 1110. The number of nitrogens with two attached hydrogens (primary N) is 1. The van der Waals surface area contributed by atoms with Gasteiger partial charge in [0.2, 0.25) is 0 Å². The number of hydrogen-bond acceptors (Lipinski definition) is 5. The second-order valence-electron chi connectivity index (χ2n) is 6.81. The van der Waals surface area contributed by atoms with E-state index in [0.717, 1.165) is 0 Å². The molecule has 2 amide bonds. The van der Waals surface area contributed by atoms with Gasteiger partial charge < -0.3 is 21.1 Å². The van der Waals surface area contributed by atoms with Crippen LogP contribution >= 0.6 is 11.6 Å². The van der Waals surface area contributed by atoms with E-state index in [9.17, 15) is 9.59 Å². The van der Waals surface area contributed by atoms with Gasteiger partial charge in [0, 0.05) is 25.9 Å². The number of fused-ring (bicyclic) bond motifs is 1. The fraction of sp³-hybridized carbons (Fsp3) is 0.286. The molecule has 1 atom stereocenters. The highest BCUT2D eigenvalue weighted by Gasteiger charge is 2.17. The molecule has 1 heterocycles. The molecule has 0 aliphatic rings. The molecule has 0 aliphatic carbocycles. The predicted octanol–water partition coefficient (Wildman–Crippen LogP) is 3.22. The molecule has 1 aromatic heterocycles. The van der Waals surface area contributed by atoms with E-state index in [1.807, 2.05) is 0 Å². The number of urea groups is 1. The van der Waals surface area contributed by atoms with Crippen LogP contribution in [0.1, 0.15) is 25.2 Å². The van der Waals surface area contributed by atoms with Crippen molar-refractivity contribution in [3.8, 4) is 5.69 Å². The Morgan fingerprint density at radius 3 is 2.80 bits per heavy atom. The van der Waals surface area contributed by atoms with Crippen molar-refractivity contribution in [1.82, 2.24) is 14.9 Å². The Kier molecular flexibility index (Phi) is 7.04. The quantitative estimate of drug-likeness (QED) is 0.499. The zero-order chi connectivity index (χ0) is 21.7. The lowest BCUT2D eigenvalue weighted by Gasteiger charge is -2.17. The van der Waals surface area contributed by atoms with Crippen molar-refractivity contribution in [3.05, 3.63) is 63.7 Å². The minimum atomic E-state index is -0.498. The Labute approximate surface area is 179 Å². The summed E-state index contributed by atoms with van der Waals surface area (Å²) < 4.78 is 6.39. The molecular formula is C21H24ClN5O3. The zero-order valence-electron chi connectivity index (χ0n) is 16.8. The van der Waals surface area contributed by atoms with Crippen LogP contribution in [0.4, 0.5) is 10.5 Å². The monoisotopic (exact) mass is 429 g/mol. The summed E-state index contributed by atoms with van der Waals surface area (Å²) in [6.07, 6.45) is 0.709. The van der Waals surface area contributed by atoms with Crippen LogP contribution in [0, 0.1) is 0 Å². The molecule has 8 nitrogen and oxygen atoms in total. The fourth-order valence-electron chi connectivity index (χ4n) is 3.08. The van der Waals surface area contributed by atoms with Crippen LogP contribution in [0.25, 0.3) is 16.6 Å². The van der Waals surface area contributed by atoms with Gasteiger partial charge in [-0.15, -0.1) is 0 Å². The van der Waals surface area contributed by atoms with Crippen LogP contribution in [-0.4, -0.2) is 35.8 Å². The van der Waals surface area contributed by atoms with Crippen LogP contribution in [0.3, 0.4) is 0 Å². The number of halogens is 1. The van der Waals surface area contributed by atoms with Gasteiger partial charge in [0.1, 0.15) is 5.82 Å². The van der Waals surface area contributed by atoms with E-state index in [-0.39, 0.29) is 11.6 Å². The van der Waals surface area contributed by atoms with E-state index < -0.39 is 6.04 Å². The van der Waals surface area contributed by atoms with Gasteiger partial charge in [0.25, 0.3) is 5.56 Å². The van der Waals surface area contributed by atoms with Crippen molar-refractivity contribution in [2.24, 2.45) is 5.73 Å². The number of carbonyl (C=O) groups is 1. The van der Waals surface area contributed by atoms with Crippen molar-refractivity contribution in [1.29, 1.82) is 0 Å². The number of nitrogens with one attached hydrogen (secondary N) is 2. The molecule has 3 aromatic rings. The van der Waals surface area contributed by atoms with Gasteiger partial charge in [-0.3, -0.25) is 9.36 Å². The molecule has 0 aliphatic heterocycles. The van der Waals surface area contributed by atoms with Crippen LogP contribution in [0.5, 0.6) is 0 Å². The molecule has 3 rings (SSSR count). The number of rotatable bonds is 7. The van der Waals surface area contributed by atoms with E-state index in [1.54, 1.807) is 56.5 Å². The summed E-state index contributed by atoms with van der Waals surface area (Å²) in [5, 5.41) is 6.15. The second-order valence-corrected chi connectivity index (χ2v) is 7.22. The zero-order valence-corrected chi connectivity index (χ0v) is 17.6. The summed E-state index contributed by atoms with van der Waals surface area (Å²) in [5.74, 6) is 0.399. The van der Waals surface area contributed by atoms with Gasteiger partial charge in [-0.1, -0.05) is 23.7 Å². The molecule has 2 aromatic carbocycles. The molecule has 4 N–H and O–H groups in total. The normalized spacial score (nSPS) is 12.0. The lowest BCUT2D eigenvalue weighted by Crippen LogP contribution is -2.30. The fourth-order valence-corrected chi connectivity index (χ4v) is 3.33. The summed E-state index contributed by atoms with van der Waals surface area (Å²) in [6.45, 7) is 2.81. The first-order valence-corrected chi connectivity index (χ1v) is 9.91. The third-order valence-corrected chi connectivity index (χ3v) is 4.77. The third kappa shape index (κ3) is 4.79. The van der Waals surface area contributed by atoms with Crippen molar-refractivity contribution in [3.63, 3.8) is 0 Å². The molecule has 0 fully saturated rings. The maximum Gasteiger partial charge on any atom is 0.319 e. The largest absolute Gasteiger partial charge is 0.385 e. The number of ether oxygens (including phenoxy) is 1. The van der Waals surface area contributed by atoms with Gasteiger partial charge in [0.05, 0.1) is 27.7 Å². The minimum absolute atomic E-state index is 0.317. The van der Waals surface area contributed by atoms with Crippen molar-refractivity contribution in [2.75, 3.05) is 25.6 Å². The molecule has 0 saturated heterocycles. The van der Waals surface area contributed by atoms with Crippen LogP contribution < -0.4 is 21.9 Å². The Hall–Kier alpha value is -2.94. The van der Waals surface area contributed by atoms with Gasteiger partial charge in [0.15, 0.2) is 0 Å². The first-order chi connectivity index (χ1) is 14.4. The maximum atomic E-state index is 13.3. The molecular weight excluding hydrogens is 406 g/mol. The summed E-state index contributed by atoms with van der Waals surface area (Å²) in [6, 6.07) is 11.2. The van der Waals surface area contributed by atoms with Crippen molar-refractivity contribution >= 4 is 34.2 Å². The Balaban J connectivity index is 1.98. The Morgan fingerprint density at radius 2 is 2.07 bits per heavy atom. The number of aromatic nitrogens is 2. The van der Waals surface area contributed by atoms with Gasteiger partial charge in [-0.2, -0.15) is 0 Å². The molecule has 0 saturated carbocycles. The summed E-state index contributed by atoms with van der Waals surface area (Å²) in [5.41, 5.74) is 7.32. The smallest absolute Gasteiger partial charge is 0.319 e. The number of hydrogen-bond donors (Lipinski definition) is 3. The highest BCUT2D eigenvalue weighted by atomic mass is 35.5. The van der Waals surface area contributed by atoms with E-state index in [2.05, 4.69) is 15.6 Å². The predicted molar refractivity (Wildman–Crippen MR) is 118 cm³/mol. The molecule has 0 unspecified atom stereocenters. The van der Waals surface area contributed by atoms with Gasteiger partial charge in [-0.05, 0) is 43.7 Å². The first-order valence-electron chi connectivity index (χ1n) is 9.53. The van der Waals surface area contributed by atoms with Crippen LogP contribution in [0.2, 0.25) is 5.02 Å². The van der Waals surface area contributed by atoms with E-state index in [0.29, 0.717) is 52.7 Å². The van der Waals surface area contributed by atoms with E-state index in [4.69, 9.17) is 22.1 Å². The average molecular weight is 430 g/mol. The molecule has 158 valence electrons. The number of nitrogens with zero attached hydrogens (tertiary/aromatic N) is 2. The number of methoxy groups -OCH3 is 1. The molecule has 0 bridgehead atoms. The standard InChI is InChI=1S/C21H24ClN5O3/c1-13(23)19-26-17-9-4-8-16(22)18(17)20(28)27(19)15-7-3-6-14(12-15)25-21(29)24-10-5-11-30-2/h3-4,6-9,12-13H,5,10-11,23H2,1-2H3,(H2,24,25,29)/t13-/m0/s1. The van der Waals surface area contributed by atoms with E-state index >= 15 is 0 Å². The molecule has 0 radical (unpaired) electrons. The first kappa shape index (κ1) is 21.8. The Morgan fingerprint density at radius 1 is 1.30 bits per heavy atom. The highest BCUT2D eigenvalue weighted by Crippen LogP contribution is 2.23. The summed E-state index contributed by atoms with van der Waals surface area (Å²) >= 11 is 6.27. The number of carbonyl (C=O) groups excluding carboxylic acids is 1. The lowest BCUT2D eigenvalue weighted by atomic mass is 10.2. The molecule has 9 heteroatoms. The maximum absolute atomic E-state index is 13.3. The number of anilines is 1. The average Bonchev–Trinajstić information content (AvgIpc) is 2.71. The van der Waals surface area contributed by atoms with Crippen LogP contribution in [0.15, 0.2) is 47.3 Å². The highest BCUT2D eigenvalue weighted by molar-refractivity contribution is 6.35. The number of benzene rings is 2. The van der Waals surface area contributed by atoms with E-state index in [1.165, 1.54) is 4.57 Å². The van der Waals surface area contributed by atoms with Crippen LogP contribution in [-0.2, 0) is 4.74 Å². The van der Waals surface area contributed by atoms with Crippen molar-refractivity contribution < 1.29 is 9.53 Å². The summed E-state index contributed by atoms with van der Waals surface area (Å²) in [4.78, 5) is 29.9. The lowest BCUT2D eigenvalue weighted by molar-refractivity contribution is 0.194. The number of amides is 2. The second kappa shape index (κ2) is 9.71. The minimum Gasteiger partial charge on any atom is -0.385 e.